The first-order valence-electron chi connectivity index (χ1n) is 6.20. The van der Waals surface area contributed by atoms with E-state index in [0.717, 1.165) is 5.69 Å². The molecule has 0 spiro atoms. The van der Waals surface area contributed by atoms with E-state index >= 15 is 0 Å². The average Bonchev–Trinajstić information content (AvgIpc) is 2.85. The van der Waals surface area contributed by atoms with Crippen LogP contribution in [0.25, 0.3) is 0 Å². The van der Waals surface area contributed by atoms with Gasteiger partial charge in [0.1, 0.15) is 0 Å². The Balaban J connectivity index is 1.73. The summed E-state index contributed by atoms with van der Waals surface area (Å²) in [6.07, 6.45) is 0.219. The van der Waals surface area contributed by atoms with Crippen molar-refractivity contribution in [3.8, 4) is 0 Å². The third kappa shape index (κ3) is 4.17. The molecule has 0 saturated heterocycles. The van der Waals surface area contributed by atoms with Gasteiger partial charge in [0.25, 0.3) is 5.91 Å². The lowest BCUT2D eigenvalue weighted by Gasteiger charge is -2.05. The van der Waals surface area contributed by atoms with Crippen LogP contribution in [0.5, 0.6) is 0 Å². The highest BCUT2D eigenvalue weighted by Gasteiger charge is 2.07. The van der Waals surface area contributed by atoms with Gasteiger partial charge in [0, 0.05) is 23.9 Å². The van der Waals surface area contributed by atoms with E-state index in [0.29, 0.717) is 17.2 Å². The Hall–Kier alpha value is -2.21. The van der Waals surface area contributed by atoms with Crippen molar-refractivity contribution in [2.45, 2.75) is 13.3 Å². The maximum atomic E-state index is 11.7. The number of benzene rings is 1. The van der Waals surface area contributed by atoms with Crippen LogP contribution in [0.4, 0.5) is 5.13 Å². The molecule has 0 saturated carbocycles. The van der Waals surface area contributed by atoms with Crippen LogP contribution in [0.2, 0.25) is 0 Å². The van der Waals surface area contributed by atoms with Crippen molar-refractivity contribution in [1.29, 1.82) is 0 Å². The maximum Gasteiger partial charge on any atom is 0.251 e. The molecule has 0 aliphatic rings. The first-order chi connectivity index (χ1) is 9.65. The van der Waals surface area contributed by atoms with E-state index in [9.17, 15) is 9.59 Å². The fourth-order valence-corrected chi connectivity index (χ4v) is 2.28. The van der Waals surface area contributed by atoms with Gasteiger partial charge in [0.2, 0.25) is 5.91 Å². The van der Waals surface area contributed by atoms with E-state index in [1.165, 1.54) is 11.3 Å². The number of hydrogen-bond donors (Lipinski definition) is 2. The van der Waals surface area contributed by atoms with Crippen LogP contribution in [0, 0.1) is 6.92 Å². The second-order valence-corrected chi connectivity index (χ2v) is 5.07. The summed E-state index contributed by atoms with van der Waals surface area (Å²) < 4.78 is 0. The number of aromatic nitrogens is 1. The van der Waals surface area contributed by atoms with Crippen LogP contribution in [0.15, 0.2) is 35.7 Å². The smallest absolute Gasteiger partial charge is 0.251 e. The summed E-state index contributed by atoms with van der Waals surface area (Å²) in [6.45, 7) is 2.16. The minimum atomic E-state index is -0.177. The van der Waals surface area contributed by atoms with Gasteiger partial charge in [-0.2, -0.15) is 0 Å². The summed E-state index contributed by atoms with van der Waals surface area (Å²) in [4.78, 5) is 27.5. The summed E-state index contributed by atoms with van der Waals surface area (Å²) in [5, 5.41) is 7.85. The Morgan fingerprint density at radius 2 is 2.00 bits per heavy atom. The van der Waals surface area contributed by atoms with Gasteiger partial charge in [0.05, 0.1) is 5.69 Å². The highest BCUT2D eigenvalue weighted by atomic mass is 32.1. The Labute approximate surface area is 121 Å². The molecular formula is C14H15N3O2S. The Morgan fingerprint density at radius 3 is 2.65 bits per heavy atom. The fourth-order valence-electron chi connectivity index (χ4n) is 1.57. The predicted molar refractivity (Wildman–Crippen MR) is 78.9 cm³/mol. The molecule has 2 rings (SSSR count). The van der Waals surface area contributed by atoms with Gasteiger partial charge in [-0.1, -0.05) is 18.2 Å². The van der Waals surface area contributed by atoms with Gasteiger partial charge < -0.3 is 10.6 Å². The zero-order chi connectivity index (χ0) is 14.4. The van der Waals surface area contributed by atoms with Crippen LogP contribution in [-0.2, 0) is 4.79 Å². The molecule has 2 amide bonds. The Bertz CT molecular complexity index is 595. The number of amides is 2. The van der Waals surface area contributed by atoms with Crippen LogP contribution < -0.4 is 10.6 Å². The Kier molecular flexibility index (Phi) is 4.84. The number of nitrogens with one attached hydrogen (secondary N) is 2. The summed E-state index contributed by atoms with van der Waals surface area (Å²) in [5.74, 6) is -0.337. The summed E-state index contributed by atoms with van der Waals surface area (Å²) >= 11 is 1.38. The number of anilines is 1. The number of rotatable bonds is 5. The molecule has 2 N–H and O–H groups in total. The van der Waals surface area contributed by atoms with E-state index in [1.807, 2.05) is 18.4 Å². The SMILES string of the molecule is Cc1csc(NC(=O)CCNC(=O)c2ccccc2)n1. The van der Waals surface area contributed by atoms with Gasteiger partial charge in [-0.25, -0.2) is 4.98 Å². The number of hydrogen-bond acceptors (Lipinski definition) is 4. The normalized spacial score (nSPS) is 10.1. The van der Waals surface area contributed by atoms with Crippen LogP contribution in [0.1, 0.15) is 22.5 Å². The van der Waals surface area contributed by atoms with Gasteiger partial charge in [-0.15, -0.1) is 11.3 Å². The second-order valence-electron chi connectivity index (χ2n) is 4.21. The average molecular weight is 289 g/mol. The molecule has 0 aliphatic heterocycles. The molecule has 20 heavy (non-hydrogen) atoms. The molecule has 0 bridgehead atoms. The summed E-state index contributed by atoms with van der Waals surface area (Å²) in [6, 6.07) is 8.90. The lowest BCUT2D eigenvalue weighted by atomic mass is 10.2. The van der Waals surface area contributed by atoms with Crippen molar-refractivity contribution in [3.05, 3.63) is 47.0 Å². The van der Waals surface area contributed by atoms with Crippen molar-refractivity contribution >= 4 is 28.3 Å². The van der Waals surface area contributed by atoms with E-state index in [2.05, 4.69) is 15.6 Å². The lowest BCUT2D eigenvalue weighted by molar-refractivity contribution is -0.116. The third-order valence-electron chi connectivity index (χ3n) is 2.54. The van der Waals surface area contributed by atoms with E-state index in [-0.39, 0.29) is 18.2 Å². The molecule has 5 nitrogen and oxygen atoms in total. The number of carbonyl (C=O) groups excluding carboxylic acids is 2. The van der Waals surface area contributed by atoms with Crippen LogP contribution >= 0.6 is 11.3 Å². The van der Waals surface area contributed by atoms with Crippen LogP contribution in [-0.4, -0.2) is 23.3 Å². The van der Waals surface area contributed by atoms with Gasteiger partial charge in [-0.3, -0.25) is 9.59 Å². The molecule has 0 radical (unpaired) electrons. The first-order valence-corrected chi connectivity index (χ1v) is 7.08. The summed E-state index contributed by atoms with van der Waals surface area (Å²) in [7, 11) is 0. The number of nitrogens with zero attached hydrogens (tertiary/aromatic N) is 1. The monoisotopic (exact) mass is 289 g/mol. The quantitative estimate of drug-likeness (QED) is 0.886. The van der Waals surface area contributed by atoms with E-state index in [1.54, 1.807) is 24.3 Å². The minimum absolute atomic E-state index is 0.160. The Morgan fingerprint density at radius 1 is 1.25 bits per heavy atom. The topological polar surface area (TPSA) is 71.1 Å². The largest absolute Gasteiger partial charge is 0.352 e. The van der Waals surface area contributed by atoms with Crippen molar-refractivity contribution in [3.63, 3.8) is 0 Å². The molecule has 104 valence electrons. The van der Waals surface area contributed by atoms with E-state index < -0.39 is 0 Å². The van der Waals surface area contributed by atoms with Crippen LogP contribution in [0.3, 0.4) is 0 Å². The van der Waals surface area contributed by atoms with Crippen molar-refractivity contribution in [2.24, 2.45) is 0 Å². The number of carbonyl (C=O) groups is 2. The molecule has 0 unspecified atom stereocenters. The van der Waals surface area contributed by atoms with Gasteiger partial charge >= 0.3 is 0 Å². The predicted octanol–water partition coefficient (Wildman–Crippen LogP) is 2.21. The van der Waals surface area contributed by atoms with Crippen molar-refractivity contribution in [2.75, 3.05) is 11.9 Å². The highest BCUT2D eigenvalue weighted by Crippen LogP contribution is 2.14. The zero-order valence-corrected chi connectivity index (χ0v) is 11.9. The van der Waals surface area contributed by atoms with Gasteiger partial charge in [0.15, 0.2) is 5.13 Å². The molecular weight excluding hydrogens is 274 g/mol. The summed E-state index contributed by atoms with van der Waals surface area (Å²) in [5.41, 5.74) is 1.46. The molecule has 1 aromatic heterocycles. The molecule has 1 aromatic carbocycles. The van der Waals surface area contributed by atoms with E-state index in [4.69, 9.17) is 0 Å². The fraction of sp³-hybridized carbons (Fsp3) is 0.214. The molecule has 0 atom stereocenters. The molecule has 2 aromatic rings. The lowest BCUT2D eigenvalue weighted by Crippen LogP contribution is -2.27. The third-order valence-corrected chi connectivity index (χ3v) is 3.41. The van der Waals surface area contributed by atoms with Crippen molar-refractivity contribution < 1.29 is 9.59 Å². The standard InChI is InChI=1S/C14H15N3O2S/c1-10-9-20-14(16-10)17-12(18)7-8-15-13(19)11-5-3-2-4-6-11/h2-6,9H,7-8H2,1H3,(H,15,19)(H,16,17,18). The number of aryl methyl sites for hydroxylation is 1. The second kappa shape index (κ2) is 6.81. The van der Waals surface area contributed by atoms with Gasteiger partial charge in [-0.05, 0) is 19.1 Å². The first kappa shape index (κ1) is 14.2. The molecule has 6 heteroatoms. The highest BCUT2D eigenvalue weighted by molar-refractivity contribution is 7.13. The molecule has 0 aliphatic carbocycles. The maximum absolute atomic E-state index is 11.7. The zero-order valence-electron chi connectivity index (χ0n) is 11.1. The minimum Gasteiger partial charge on any atom is -0.352 e. The van der Waals surface area contributed by atoms with Crippen molar-refractivity contribution in [1.82, 2.24) is 10.3 Å². The molecule has 0 fully saturated rings. The molecule has 1 heterocycles. The number of thiazole rings is 1.